The molecular formula is C29H40F3N3O2. The molecule has 0 aliphatic carbocycles. The summed E-state index contributed by atoms with van der Waals surface area (Å²) in [5.41, 5.74) is 3.14. The third-order valence-corrected chi connectivity index (χ3v) is 7.15. The van der Waals surface area contributed by atoms with Gasteiger partial charge in [-0.05, 0) is 93.2 Å². The fraction of sp³-hybridized carbons (Fsp3) is 0.552. The summed E-state index contributed by atoms with van der Waals surface area (Å²) in [5, 5.41) is 3.43. The van der Waals surface area contributed by atoms with Crippen molar-refractivity contribution in [2.45, 2.75) is 53.3 Å². The first-order valence-electron chi connectivity index (χ1n) is 13.1. The van der Waals surface area contributed by atoms with Crippen LogP contribution < -0.4 is 10.1 Å². The molecule has 1 heterocycles. The Morgan fingerprint density at radius 2 is 1.62 bits per heavy atom. The molecule has 1 N–H and O–H groups in total. The standard InChI is InChI=1S/C29H40F3N3O2/c1-20(2)19-33-13-6-18-37-27-12-11-26(21(3)22(27)4)23(5)34-14-16-35(17-15-34)28(36)24-7-9-25(10-8-24)29(30,31)32/h7-12,20,23,33H,6,13-19H2,1-5H3. The van der Waals surface area contributed by atoms with Gasteiger partial charge in [0.05, 0.1) is 12.2 Å². The van der Waals surface area contributed by atoms with Gasteiger partial charge in [-0.25, -0.2) is 0 Å². The molecule has 1 atom stereocenters. The van der Waals surface area contributed by atoms with Crippen molar-refractivity contribution in [3.05, 3.63) is 64.2 Å². The third kappa shape index (κ3) is 7.71. The number of benzene rings is 2. The number of alkyl halides is 3. The zero-order valence-corrected chi connectivity index (χ0v) is 22.6. The lowest BCUT2D eigenvalue weighted by Crippen LogP contribution is -2.49. The SMILES string of the molecule is Cc1c(OCCCNCC(C)C)ccc(C(C)N2CCN(C(=O)c3ccc(C(F)(F)F)cc3)CC2)c1C. The van der Waals surface area contributed by atoms with Gasteiger partial charge in [-0.15, -0.1) is 0 Å². The number of carbonyl (C=O) groups excluding carboxylic acids is 1. The molecule has 0 bridgehead atoms. The minimum Gasteiger partial charge on any atom is -0.493 e. The van der Waals surface area contributed by atoms with E-state index in [1.807, 2.05) is 0 Å². The molecular weight excluding hydrogens is 479 g/mol. The van der Waals surface area contributed by atoms with Crippen LogP contribution in [0.2, 0.25) is 0 Å². The van der Waals surface area contributed by atoms with Crippen molar-refractivity contribution in [3.8, 4) is 5.75 Å². The zero-order valence-electron chi connectivity index (χ0n) is 22.6. The van der Waals surface area contributed by atoms with Gasteiger partial charge in [-0.3, -0.25) is 9.69 Å². The van der Waals surface area contributed by atoms with Crippen LogP contribution >= 0.6 is 0 Å². The second-order valence-electron chi connectivity index (χ2n) is 10.3. The normalized spacial score (nSPS) is 15.8. The van der Waals surface area contributed by atoms with Gasteiger partial charge in [0.25, 0.3) is 5.91 Å². The Kier molecular flexibility index (Phi) is 10.0. The first-order valence-corrected chi connectivity index (χ1v) is 13.1. The molecule has 0 radical (unpaired) electrons. The third-order valence-electron chi connectivity index (χ3n) is 7.15. The summed E-state index contributed by atoms with van der Waals surface area (Å²) in [6, 6.07) is 8.83. The second kappa shape index (κ2) is 12.8. The van der Waals surface area contributed by atoms with E-state index >= 15 is 0 Å². The van der Waals surface area contributed by atoms with E-state index in [4.69, 9.17) is 4.74 Å². The summed E-state index contributed by atoms with van der Waals surface area (Å²) >= 11 is 0. The summed E-state index contributed by atoms with van der Waals surface area (Å²) in [7, 11) is 0. The van der Waals surface area contributed by atoms with Gasteiger partial charge in [-0.2, -0.15) is 13.2 Å². The van der Waals surface area contributed by atoms with Crippen molar-refractivity contribution in [1.82, 2.24) is 15.1 Å². The summed E-state index contributed by atoms with van der Waals surface area (Å²) in [5.74, 6) is 1.33. The minimum absolute atomic E-state index is 0.177. The quantitative estimate of drug-likeness (QED) is 0.400. The Labute approximate surface area is 219 Å². The Bertz CT molecular complexity index is 1030. The number of carbonyl (C=O) groups is 1. The molecule has 1 aliphatic rings. The molecule has 37 heavy (non-hydrogen) atoms. The van der Waals surface area contributed by atoms with Gasteiger partial charge in [0.2, 0.25) is 0 Å². The van der Waals surface area contributed by atoms with Gasteiger partial charge >= 0.3 is 6.18 Å². The molecule has 8 heteroatoms. The van der Waals surface area contributed by atoms with Crippen LogP contribution in [0.3, 0.4) is 0 Å². The number of nitrogens with zero attached hydrogens (tertiary/aromatic N) is 2. The van der Waals surface area contributed by atoms with Crippen LogP contribution in [0, 0.1) is 19.8 Å². The first kappa shape index (κ1) is 29.0. The number of piperazine rings is 1. The van der Waals surface area contributed by atoms with E-state index in [0.29, 0.717) is 38.7 Å². The van der Waals surface area contributed by atoms with Crippen LogP contribution in [-0.4, -0.2) is 61.6 Å². The number of rotatable bonds is 10. The summed E-state index contributed by atoms with van der Waals surface area (Å²) in [6.07, 6.45) is -3.45. The highest BCUT2D eigenvalue weighted by Crippen LogP contribution is 2.32. The van der Waals surface area contributed by atoms with Crippen molar-refractivity contribution in [3.63, 3.8) is 0 Å². The first-order chi connectivity index (χ1) is 17.5. The molecule has 1 amide bonds. The molecule has 3 rings (SSSR count). The van der Waals surface area contributed by atoms with Crippen LogP contribution in [0.25, 0.3) is 0 Å². The Balaban J connectivity index is 1.53. The predicted molar refractivity (Wildman–Crippen MR) is 141 cm³/mol. The van der Waals surface area contributed by atoms with Crippen LogP contribution in [0.5, 0.6) is 5.75 Å². The monoisotopic (exact) mass is 519 g/mol. The fourth-order valence-electron chi connectivity index (χ4n) is 4.69. The highest BCUT2D eigenvalue weighted by Gasteiger charge is 2.31. The van der Waals surface area contributed by atoms with E-state index < -0.39 is 11.7 Å². The van der Waals surface area contributed by atoms with Crippen LogP contribution in [0.1, 0.15) is 65.8 Å². The van der Waals surface area contributed by atoms with Gasteiger partial charge in [0.1, 0.15) is 5.75 Å². The van der Waals surface area contributed by atoms with E-state index in [1.54, 1.807) is 4.90 Å². The number of ether oxygens (including phenoxy) is 1. The molecule has 1 saturated heterocycles. The van der Waals surface area contributed by atoms with Crippen LogP contribution in [0.15, 0.2) is 36.4 Å². The molecule has 2 aromatic rings. The Morgan fingerprint density at radius 3 is 2.22 bits per heavy atom. The van der Waals surface area contributed by atoms with Gasteiger partial charge < -0.3 is 15.0 Å². The van der Waals surface area contributed by atoms with Gasteiger partial charge in [-0.1, -0.05) is 19.9 Å². The maximum absolute atomic E-state index is 12.8. The minimum atomic E-state index is -4.41. The largest absolute Gasteiger partial charge is 0.493 e. The molecule has 5 nitrogen and oxygen atoms in total. The number of hydrogen-bond donors (Lipinski definition) is 1. The van der Waals surface area contributed by atoms with Crippen molar-refractivity contribution < 1.29 is 22.7 Å². The molecule has 0 aromatic heterocycles. The molecule has 1 fully saturated rings. The number of amides is 1. The zero-order chi connectivity index (χ0) is 27.2. The average Bonchev–Trinajstić information content (AvgIpc) is 2.87. The lowest BCUT2D eigenvalue weighted by molar-refractivity contribution is -0.137. The van der Waals surface area contributed by atoms with Crippen molar-refractivity contribution in [1.29, 1.82) is 0 Å². The van der Waals surface area contributed by atoms with Crippen molar-refractivity contribution in [2.75, 3.05) is 45.9 Å². The topological polar surface area (TPSA) is 44.8 Å². The molecule has 0 spiro atoms. The van der Waals surface area contributed by atoms with Gasteiger partial charge in [0.15, 0.2) is 0 Å². The second-order valence-corrected chi connectivity index (χ2v) is 10.3. The average molecular weight is 520 g/mol. The Morgan fingerprint density at radius 1 is 0.973 bits per heavy atom. The predicted octanol–water partition coefficient (Wildman–Crippen LogP) is 5.86. The molecule has 204 valence electrons. The van der Waals surface area contributed by atoms with Crippen LogP contribution in [0.4, 0.5) is 13.2 Å². The van der Waals surface area contributed by atoms with Crippen molar-refractivity contribution in [2.24, 2.45) is 5.92 Å². The lowest BCUT2D eigenvalue weighted by Gasteiger charge is -2.39. The molecule has 1 unspecified atom stereocenters. The lowest BCUT2D eigenvalue weighted by atomic mass is 9.96. The summed E-state index contributed by atoms with van der Waals surface area (Å²) in [4.78, 5) is 16.9. The highest BCUT2D eigenvalue weighted by atomic mass is 19.4. The van der Waals surface area contributed by atoms with E-state index in [2.05, 4.69) is 57.0 Å². The van der Waals surface area contributed by atoms with Gasteiger partial charge in [0, 0.05) is 37.8 Å². The highest BCUT2D eigenvalue weighted by molar-refractivity contribution is 5.94. The fourth-order valence-corrected chi connectivity index (χ4v) is 4.69. The number of hydrogen-bond acceptors (Lipinski definition) is 4. The van der Waals surface area contributed by atoms with E-state index in [9.17, 15) is 18.0 Å². The maximum atomic E-state index is 12.8. The van der Waals surface area contributed by atoms with E-state index in [-0.39, 0.29) is 17.5 Å². The summed E-state index contributed by atoms with van der Waals surface area (Å²) < 4.78 is 44.5. The molecule has 1 aliphatic heterocycles. The van der Waals surface area contributed by atoms with E-state index in [1.165, 1.54) is 23.3 Å². The number of nitrogens with one attached hydrogen (secondary N) is 1. The van der Waals surface area contributed by atoms with E-state index in [0.717, 1.165) is 43.0 Å². The molecule has 2 aromatic carbocycles. The smallest absolute Gasteiger partial charge is 0.416 e. The maximum Gasteiger partial charge on any atom is 0.416 e. The van der Waals surface area contributed by atoms with Crippen LogP contribution in [-0.2, 0) is 6.18 Å². The van der Waals surface area contributed by atoms with Crippen molar-refractivity contribution >= 4 is 5.91 Å². The molecule has 0 saturated carbocycles. The number of halogens is 3. The Hall–Kier alpha value is -2.58. The summed E-state index contributed by atoms with van der Waals surface area (Å²) in [6.45, 7) is 15.9.